The van der Waals surface area contributed by atoms with Gasteiger partial charge in [0.15, 0.2) is 5.82 Å². The number of amides is 2. The Morgan fingerprint density at radius 2 is 1.91 bits per heavy atom. The van der Waals surface area contributed by atoms with Crippen molar-refractivity contribution in [3.63, 3.8) is 0 Å². The topological polar surface area (TPSA) is 96.5 Å². The van der Waals surface area contributed by atoms with Crippen LogP contribution in [-0.2, 0) is 9.53 Å². The average Bonchev–Trinajstić information content (AvgIpc) is 3.21. The molecule has 2 N–H and O–H groups in total. The molecule has 34 heavy (non-hydrogen) atoms. The van der Waals surface area contributed by atoms with Gasteiger partial charge in [-0.25, -0.2) is 19.2 Å². The van der Waals surface area contributed by atoms with Gasteiger partial charge in [0.1, 0.15) is 11.3 Å². The highest BCUT2D eigenvalue weighted by atomic mass is 19.1. The standard InChI is InChI=1S/C25H32FN5O3/c1-25(2,3)34-24(33)29-18-11-9-17(10-12-18)28-23-27-15-20(26)22(30-23)16-6-4-7-19(14-16)31-13-5-8-21(31)32/h4,6-7,14-15,17-18H,5,8-13H2,1-3H3,(H,29,33)(H,27,28,30)/t17-,18-. The number of nitrogens with zero attached hydrogens (tertiary/aromatic N) is 3. The molecule has 9 heteroatoms. The molecule has 4 rings (SSSR count). The highest BCUT2D eigenvalue weighted by Gasteiger charge is 2.26. The number of benzene rings is 1. The van der Waals surface area contributed by atoms with Crippen LogP contribution in [0.15, 0.2) is 30.5 Å². The summed E-state index contributed by atoms with van der Waals surface area (Å²) in [6.07, 6.45) is 5.39. The Labute approximate surface area is 199 Å². The molecule has 1 saturated carbocycles. The number of alkyl carbamates (subject to hydrolysis) is 1. The van der Waals surface area contributed by atoms with Gasteiger partial charge < -0.3 is 20.3 Å². The molecule has 8 nitrogen and oxygen atoms in total. The van der Waals surface area contributed by atoms with Gasteiger partial charge in [-0.15, -0.1) is 0 Å². The lowest BCUT2D eigenvalue weighted by atomic mass is 9.91. The van der Waals surface area contributed by atoms with Crippen LogP contribution in [0.2, 0.25) is 0 Å². The largest absolute Gasteiger partial charge is 0.444 e. The fraction of sp³-hybridized carbons (Fsp3) is 0.520. The summed E-state index contributed by atoms with van der Waals surface area (Å²) in [5.74, 6) is -0.0669. The molecule has 0 bridgehead atoms. The van der Waals surface area contributed by atoms with Crippen molar-refractivity contribution in [2.24, 2.45) is 0 Å². The molecule has 1 aromatic carbocycles. The maximum absolute atomic E-state index is 14.6. The zero-order valence-electron chi connectivity index (χ0n) is 19.9. The normalized spacial score (nSPS) is 20.8. The van der Waals surface area contributed by atoms with Crippen molar-refractivity contribution in [2.45, 2.75) is 77.0 Å². The van der Waals surface area contributed by atoms with E-state index in [1.807, 2.05) is 32.9 Å². The Balaban J connectivity index is 1.38. The van der Waals surface area contributed by atoms with Crippen LogP contribution in [-0.4, -0.2) is 46.2 Å². The molecule has 0 atom stereocenters. The maximum atomic E-state index is 14.6. The van der Waals surface area contributed by atoms with Crippen molar-refractivity contribution in [2.75, 3.05) is 16.8 Å². The lowest BCUT2D eigenvalue weighted by molar-refractivity contribution is -0.117. The molecule has 1 aliphatic carbocycles. The van der Waals surface area contributed by atoms with Crippen LogP contribution in [0.5, 0.6) is 0 Å². The summed E-state index contributed by atoms with van der Waals surface area (Å²) in [4.78, 5) is 34.4. The van der Waals surface area contributed by atoms with Crippen LogP contribution in [0.4, 0.5) is 20.8 Å². The summed E-state index contributed by atoms with van der Waals surface area (Å²) >= 11 is 0. The van der Waals surface area contributed by atoms with Crippen molar-refractivity contribution in [3.8, 4) is 11.3 Å². The Hall–Kier alpha value is -3.23. The number of rotatable bonds is 5. The molecule has 2 aliphatic rings. The fourth-order valence-corrected chi connectivity index (χ4v) is 4.42. The zero-order valence-corrected chi connectivity index (χ0v) is 19.9. The molecule has 0 unspecified atom stereocenters. The molecule has 0 radical (unpaired) electrons. The first-order valence-corrected chi connectivity index (χ1v) is 11.9. The van der Waals surface area contributed by atoms with Gasteiger partial charge in [-0.2, -0.15) is 0 Å². The number of nitrogens with one attached hydrogen (secondary N) is 2. The summed E-state index contributed by atoms with van der Waals surface area (Å²) in [7, 11) is 0. The van der Waals surface area contributed by atoms with Crippen molar-refractivity contribution in [3.05, 3.63) is 36.3 Å². The van der Waals surface area contributed by atoms with E-state index in [-0.39, 0.29) is 23.7 Å². The van der Waals surface area contributed by atoms with Crippen LogP contribution in [0, 0.1) is 5.82 Å². The summed E-state index contributed by atoms with van der Waals surface area (Å²) in [6, 6.07) is 7.44. The minimum atomic E-state index is -0.524. The first-order chi connectivity index (χ1) is 16.2. The second-order valence-corrected chi connectivity index (χ2v) is 9.93. The molecule has 2 heterocycles. The number of carbonyl (C=O) groups excluding carboxylic acids is 2. The first-order valence-electron chi connectivity index (χ1n) is 11.9. The van der Waals surface area contributed by atoms with Gasteiger partial charge in [0.2, 0.25) is 11.9 Å². The second-order valence-electron chi connectivity index (χ2n) is 9.93. The van der Waals surface area contributed by atoms with E-state index in [2.05, 4.69) is 20.6 Å². The predicted molar refractivity (Wildman–Crippen MR) is 128 cm³/mol. The molecule has 1 saturated heterocycles. The van der Waals surface area contributed by atoms with Gasteiger partial charge in [-0.1, -0.05) is 12.1 Å². The highest BCUT2D eigenvalue weighted by molar-refractivity contribution is 5.95. The smallest absolute Gasteiger partial charge is 0.407 e. The number of carbonyl (C=O) groups is 2. The number of aromatic nitrogens is 2. The Morgan fingerprint density at radius 1 is 1.18 bits per heavy atom. The molecular formula is C25H32FN5O3. The van der Waals surface area contributed by atoms with Crippen molar-refractivity contribution < 1.29 is 18.7 Å². The summed E-state index contributed by atoms with van der Waals surface area (Å²) in [5, 5.41) is 6.24. The average molecular weight is 470 g/mol. The Morgan fingerprint density at radius 3 is 2.59 bits per heavy atom. The van der Waals surface area contributed by atoms with Gasteiger partial charge in [0.05, 0.1) is 6.20 Å². The highest BCUT2D eigenvalue weighted by Crippen LogP contribution is 2.29. The third kappa shape index (κ3) is 6.01. The van der Waals surface area contributed by atoms with Crippen LogP contribution in [0.1, 0.15) is 59.3 Å². The van der Waals surface area contributed by atoms with E-state index in [4.69, 9.17) is 4.74 Å². The Kier molecular flexibility index (Phi) is 7.00. The minimum absolute atomic E-state index is 0.0636. The molecule has 182 valence electrons. The van der Waals surface area contributed by atoms with Gasteiger partial charge in [-0.3, -0.25) is 4.79 Å². The number of ether oxygens (including phenoxy) is 1. The maximum Gasteiger partial charge on any atom is 0.407 e. The third-order valence-electron chi connectivity index (χ3n) is 6.03. The molecule has 0 spiro atoms. The van der Waals surface area contributed by atoms with Gasteiger partial charge in [-0.05, 0) is 65.0 Å². The van der Waals surface area contributed by atoms with E-state index in [1.54, 1.807) is 17.0 Å². The zero-order chi connectivity index (χ0) is 24.3. The van der Waals surface area contributed by atoms with E-state index in [9.17, 15) is 14.0 Å². The van der Waals surface area contributed by atoms with Crippen LogP contribution >= 0.6 is 0 Å². The van der Waals surface area contributed by atoms with E-state index in [0.717, 1.165) is 37.8 Å². The number of halogens is 1. The van der Waals surface area contributed by atoms with Crippen molar-refractivity contribution >= 4 is 23.6 Å². The fourth-order valence-electron chi connectivity index (χ4n) is 4.42. The molecule has 2 aromatic rings. The quantitative estimate of drug-likeness (QED) is 0.661. The predicted octanol–water partition coefficient (Wildman–Crippen LogP) is 4.66. The molecule has 1 aliphatic heterocycles. The summed E-state index contributed by atoms with van der Waals surface area (Å²) < 4.78 is 20.0. The minimum Gasteiger partial charge on any atom is -0.444 e. The van der Waals surface area contributed by atoms with Crippen LogP contribution < -0.4 is 15.5 Å². The molecule has 2 amide bonds. The lowest BCUT2D eigenvalue weighted by Crippen LogP contribution is -2.42. The van der Waals surface area contributed by atoms with Crippen LogP contribution in [0.25, 0.3) is 11.3 Å². The van der Waals surface area contributed by atoms with Crippen molar-refractivity contribution in [1.82, 2.24) is 15.3 Å². The van der Waals surface area contributed by atoms with Crippen LogP contribution in [0.3, 0.4) is 0 Å². The van der Waals surface area contributed by atoms with E-state index in [1.165, 1.54) is 6.20 Å². The molecular weight excluding hydrogens is 437 g/mol. The van der Waals surface area contributed by atoms with Gasteiger partial charge >= 0.3 is 6.09 Å². The first kappa shape index (κ1) is 23.9. The third-order valence-corrected chi connectivity index (χ3v) is 6.03. The SMILES string of the molecule is CC(C)(C)OC(=O)N[C@H]1CC[C@H](Nc2ncc(F)c(-c3cccc(N4CCCC4=O)c3)n2)CC1. The number of hydrogen-bond acceptors (Lipinski definition) is 6. The molecule has 1 aromatic heterocycles. The second kappa shape index (κ2) is 9.95. The van der Waals surface area contributed by atoms with Gasteiger partial charge in [0.25, 0.3) is 0 Å². The van der Waals surface area contributed by atoms with E-state index >= 15 is 0 Å². The summed E-state index contributed by atoms with van der Waals surface area (Å²) in [5.41, 5.74) is 1.03. The monoisotopic (exact) mass is 469 g/mol. The van der Waals surface area contributed by atoms with Gasteiger partial charge in [0, 0.05) is 36.3 Å². The summed E-state index contributed by atoms with van der Waals surface area (Å²) in [6.45, 7) is 6.19. The molecule has 2 fully saturated rings. The number of anilines is 2. The lowest BCUT2D eigenvalue weighted by Gasteiger charge is -2.30. The Bertz CT molecular complexity index is 1050. The number of hydrogen-bond donors (Lipinski definition) is 2. The van der Waals surface area contributed by atoms with Crippen molar-refractivity contribution in [1.29, 1.82) is 0 Å². The van der Waals surface area contributed by atoms with E-state index < -0.39 is 17.5 Å². The van der Waals surface area contributed by atoms with E-state index in [0.29, 0.717) is 24.5 Å².